The van der Waals surface area contributed by atoms with Crippen LogP contribution in [-0.2, 0) is 4.79 Å². The Hall–Kier alpha value is -1.14. The fraction of sp³-hybridized carbons (Fsp3) is 0.643. The first kappa shape index (κ1) is 15.3. The topological polar surface area (TPSA) is 72.1 Å². The molecule has 0 spiro atoms. The average Bonchev–Trinajstić information content (AvgIpc) is 2.78. The van der Waals surface area contributed by atoms with Gasteiger partial charge >= 0.3 is 0 Å². The predicted octanol–water partition coefficient (Wildman–Crippen LogP) is 1.38. The largest absolute Gasteiger partial charge is 0.341 e. The molecule has 0 saturated carbocycles. The fourth-order valence-corrected chi connectivity index (χ4v) is 3.23. The van der Waals surface area contributed by atoms with Crippen molar-refractivity contribution in [3.05, 3.63) is 17.5 Å². The molecule has 2 heterocycles. The lowest BCUT2D eigenvalue weighted by Crippen LogP contribution is -2.35. The smallest absolute Gasteiger partial charge is 0.233 e. The van der Waals surface area contributed by atoms with Crippen molar-refractivity contribution in [2.45, 2.75) is 32.3 Å². The number of hydrogen-bond acceptors (Lipinski definition) is 5. The van der Waals surface area contributed by atoms with Gasteiger partial charge in [0.2, 0.25) is 5.91 Å². The number of nitrogens with two attached hydrogens (primary N) is 1. The van der Waals surface area contributed by atoms with Crippen molar-refractivity contribution in [1.29, 1.82) is 0 Å². The molecule has 1 saturated heterocycles. The summed E-state index contributed by atoms with van der Waals surface area (Å²) in [6.45, 7) is 8.21. The van der Waals surface area contributed by atoms with E-state index in [2.05, 4.69) is 16.9 Å². The predicted molar refractivity (Wildman–Crippen MR) is 80.6 cm³/mol. The van der Waals surface area contributed by atoms with Gasteiger partial charge in [-0.25, -0.2) is 9.97 Å². The number of amides is 1. The summed E-state index contributed by atoms with van der Waals surface area (Å²) in [6, 6.07) is 1.93. The Labute approximate surface area is 124 Å². The molecule has 2 N–H and O–H groups in total. The van der Waals surface area contributed by atoms with Crippen LogP contribution >= 0.6 is 11.8 Å². The fourth-order valence-electron chi connectivity index (χ4n) is 2.38. The Morgan fingerprint density at radius 1 is 1.45 bits per heavy atom. The van der Waals surface area contributed by atoms with E-state index in [1.165, 1.54) is 11.8 Å². The first-order chi connectivity index (χ1) is 9.42. The van der Waals surface area contributed by atoms with Gasteiger partial charge in [-0.05, 0) is 38.3 Å². The molecule has 1 fully saturated rings. The highest BCUT2D eigenvalue weighted by Gasteiger charge is 2.34. The molecule has 0 radical (unpaired) electrons. The van der Waals surface area contributed by atoms with Crippen LogP contribution in [0.15, 0.2) is 11.2 Å². The van der Waals surface area contributed by atoms with Gasteiger partial charge in [-0.3, -0.25) is 4.79 Å². The molecule has 1 aliphatic rings. The van der Waals surface area contributed by atoms with Crippen LogP contribution in [0.1, 0.15) is 24.7 Å². The summed E-state index contributed by atoms with van der Waals surface area (Å²) in [6.07, 6.45) is 0.986. The number of carbonyl (C=O) groups is 1. The molecule has 1 unspecified atom stereocenters. The molecular weight excluding hydrogens is 272 g/mol. The van der Waals surface area contributed by atoms with Crippen LogP contribution < -0.4 is 5.73 Å². The minimum Gasteiger partial charge on any atom is -0.341 e. The monoisotopic (exact) mass is 294 g/mol. The minimum absolute atomic E-state index is 0.0801. The van der Waals surface area contributed by atoms with Crippen LogP contribution in [0.4, 0.5) is 0 Å². The highest BCUT2D eigenvalue weighted by Crippen LogP contribution is 2.29. The van der Waals surface area contributed by atoms with E-state index in [0.29, 0.717) is 17.5 Å². The van der Waals surface area contributed by atoms with Gasteiger partial charge < -0.3 is 10.6 Å². The molecule has 20 heavy (non-hydrogen) atoms. The zero-order valence-electron chi connectivity index (χ0n) is 12.3. The summed E-state index contributed by atoms with van der Waals surface area (Å²) in [5.74, 6) is 0.540. The Morgan fingerprint density at radius 2 is 2.10 bits per heavy atom. The summed E-state index contributed by atoms with van der Waals surface area (Å²) in [4.78, 5) is 22.8. The number of nitrogens with zero attached hydrogens (tertiary/aromatic N) is 3. The maximum absolute atomic E-state index is 12.2. The van der Waals surface area contributed by atoms with Gasteiger partial charge in [0, 0.05) is 24.5 Å². The number of thioether (sulfide) groups is 1. The lowest BCUT2D eigenvalue weighted by atomic mass is 9.90. The SMILES string of the molecule is Cc1cc(C)nc(SCC(=O)N2CCC(C)(CN)C2)n1. The summed E-state index contributed by atoms with van der Waals surface area (Å²) < 4.78 is 0. The molecule has 1 amide bonds. The molecule has 6 heteroatoms. The molecule has 0 bridgehead atoms. The van der Waals surface area contributed by atoms with Crippen molar-refractivity contribution in [1.82, 2.24) is 14.9 Å². The van der Waals surface area contributed by atoms with E-state index in [4.69, 9.17) is 5.73 Å². The van der Waals surface area contributed by atoms with E-state index >= 15 is 0 Å². The van der Waals surface area contributed by atoms with E-state index in [0.717, 1.165) is 30.9 Å². The van der Waals surface area contributed by atoms with Gasteiger partial charge in [0.1, 0.15) is 0 Å². The number of aromatic nitrogens is 2. The van der Waals surface area contributed by atoms with Crippen LogP contribution in [0.2, 0.25) is 0 Å². The molecule has 1 atom stereocenters. The first-order valence-corrected chi connectivity index (χ1v) is 7.83. The molecule has 1 aliphatic heterocycles. The van der Waals surface area contributed by atoms with Gasteiger partial charge in [-0.15, -0.1) is 0 Å². The van der Waals surface area contributed by atoms with Crippen LogP contribution in [0, 0.1) is 19.3 Å². The Morgan fingerprint density at radius 3 is 2.65 bits per heavy atom. The molecule has 110 valence electrons. The second kappa shape index (κ2) is 6.10. The summed E-state index contributed by atoms with van der Waals surface area (Å²) in [5.41, 5.74) is 7.71. The van der Waals surface area contributed by atoms with Gasteiger partial charge in [-0.2, -0.15) is 0 Å². The third-order valence-electron chi connectivity index (χ3n) is 3.69. The Balaban J connectivity index is 1.90. The van der Waals surface area contributed by atoms with Crippen molar-refractivity contribution >= 4 is 17.7 Å². The average molecular weight is 294 g/mol. The third kappa shape index (κ3) is 3.70. The lowest BCUT2D eigenvalue weighted by molar-refractivity contribution is -0.127. The number of likely N-dealkylation sites (tertiary alicyclic amines) is 1. The summed E-state index contributed by atoms with van der Waals surface area (Å²) >= 11 is 1.41. The van der Waals surface area contributed by atoms with Gasteiger partial charge in [0.05, 0.1) is 5.75 Å². The lowest BCUT2D eigenvalue weighted by Gasteiger charge is -2.22. The van der Waals surface area contributed by atoms with Gasteiger partial charge in [-0.1, -0.05) is 18.7 Å². The maximum Gasteiger partial charge on any atom is 0.233 e. The molecule has 5 nitrogen and oxygen atoms in total. The van der Waals surface area contributed by atoms with Crippen molar-refractivity contribution in [2.75, 3.05) is 25.4 Å². The van der Waals surface area contributed by atoms with Crippen LogP contribution in [-0.4, -0.2) is 46.2 Å². The second-order valence-corrected chi connectivity index (χ2v) is 6.74. The number of hydrogen-bond donors (Lipinski definition) is 1. The molecule has 0 aromatic carbocycles. The van der Waals surface area contributed by atoms with E-state index in [9.17, 15) is 4.79 Å². The second-order valence-electron chi connectivity index (χ2n) is 5.80. The zero-order valence-corrected chi connectivity index (χ0v) is 13.2. The standard InChI is InChI=1S/C14H22N4OS/c1-10-6-11(2)17-13(16-10)20-7-12(19)18-5-4-14(3,8-15)9-18/h6H,4-5,7-9,15H2,1-3H3. The number of rotatable bonds is 4. The Bertz CT molecular complexity index is 488. The Kier molecular flexibility index (Phi) is 4.65. The van der Waals surface area contributed by atoms with Crippen LogP contribution in [0.25, 0.3) is 0 Å². The van der Waals surface area contributed by atoms with Crippen molar-refractivity contribution in [3.8, 4) is 0 Å². The highest BCUT2D eigenvalue weighted by atomic mass is 32.2. The molecule has 0 aliphatic carbocycles. The first-order valence-electron chi connectivity index (χ1n) is 6.85. The van der Waals surface area contributed by atoms with Crippen molar-refractivity contribution in [2.24, 2.45) is 11.1 Å². The summed E-state index contributed by atoms with van der Waals surface area (Å²) in [7, 11) is 0. The number of aryl methyl sites for hydroxylation is 2. The zero-order chi connectivity index (χ0) is 14.8. The van der Waals surface area contributed by atoms with Crippen molar-refractivity contribution in [3.63, 3.8) is 0 Å². The van der Waals surface area contributed by atoms with Gasteiger partial charge in [0.15, 0.2) is 5.16 Å². The van der Waals surface area contributed by atoms with E-state index in [1.54, 1.807) is 0 Å². The third-order valence-corrected chi connectivity index (χ3v) is 4.52. The van der Waals surface area contributed by atoms with Crippen LogP contribution in [0.3, 0.4) is 0 Å². The van der Waals surface area contributed by atoms with E-state index in [1.807, 2.05) is 24.8 Å². The van der Waals surface area contributed by atoms with Crippen molar-refractivity contribution < 1.29 is 4.79 Å². The molecule has 1 aromatic heterocycles. The van der Waals surface area contributed by atoms with E-state index < -0.39 is 0 Å². The van der Waals surface area contributed by atoms with Crippen LogP contribution in [0.5, 0.6) is 0 Å². The molecular formula is C14H22N4OS. The maximum atomic E-state index is 12.2. The van der Waals surface area contributed by atoms with E-state index in [-0.39, 0.29) is 11.3 Å². The van der Waals surface area contributed by atoms with Gasteiger partial charge in [0.25, 0.3) is 0 Å². The summed E-state index contributed by atoms with van der Waals surface area (Å²) in [5, 5.41) is 0.677. The number of carbonyl (C=O) groups excluding carboxylic acids is 1. The quantitative estimate of drug-likeness (QED) is 0.671. The minimum atomic E-state index is 0.0801. The molecule has 2 rings (SSSR count). The molecule has 1 aromatic rings. The highest BCUT2D eigenvalue weighted by molar-refractivity contribution is 7.99. The normalized spacial score (nSPS) is 22.3.